The molecule has 2 rings (SSSR count). The molecule has 0 aliphatic heterocycles. The van der Waals surface area contributed by atoms with Gasteiger partial charge in [0.05, 0.1) is 17.9 Å². The molecule has 0 atom stereocenters. The van der Waals surface area contributed by atoms with Gasteiger partial charge in [0.15, 0.2) is 0 Å². The average Bonchev–Trinajstić information content (AvgIpc) is 2.87. The molecule has 0 bridgehead atoms. The zero-order chi connectivity index (χ0) is 15.4. The fourth-order valence-corrected chi connectivity index (χ4v) is 2.56. The van der Waals surface area contributed by atoms with Crippen LogP contribution in [0.2, 0.25) is 0 Å². The normalized spacial score (nSPS) is 10.2. The minimum absolute atomic E-state index is 0.0257. The molecule has 0 saturated heterocycles. The molecule has 2 heterocycles. The van der Waals surface area contributed by atoms with Gasteiger partial charge in [-0.3, -0.25) is 14.6 Å². The van der Waals surface area contributed by atoms with Gasteiger partial charge >= 0.3 is 0 Å². The molecular formula is C14H16N4O2S. The number of carbonyl (C=O) groups excluding carboxylic acids is 2. The highest BCUT2D eigenvalue weighted by atomic mass is 32.1. The molecule has 2 aromatic heterocycles. The molecule has 7 heteroatoms. The molecule has 0 unspecified atom stereocenters. The van der Waals surface area contributed by atoms with Crippen LogP contribution >= 0.6 is 11.3 Å². The van der Waals surface area contributed by atoms with Crippen LogP contribution in [0.5, 0.6) is 0 Å². The molecule has 0 spiro atoms. The van der Waals surface area contributed by atoms with E-state index in [2.05, 4.69) is 15.3 Å². The summed E-state index contributed by atoms with van der Waals surface area (Å²) in [5.74, 6) is -0.446. The lowest BCUT2D eigenvalue weighted by molar-refractivity contribution is -0.127. The summed E-state index contributed by atoms with van der Waals surface area (Å²) in [6.45, 7) is 1.74. The van der Waals surface area contributed by atoms with Crippen LogP contribution in [0.3, 0.4) is 0 Å². The lowest BCUT2D eigenvalue weighted by atomic mass is 10.3. The van der Waals surface area contributed by atoms with Crippen LogP contribution in [0.15, 0.2) is 24.4 Å². The summed E-state index contributed by atoms with van der Waals surface area (Å²) in [4.78, 5) is 34.1. The summed E-state index contributed by atoms with van der Waals surface area (Å²) in [5.41, 5.74) is 1.37. The molecule has 2 amide bonds. The number of pyridine rings is 1. The predicted molar refractivity (Wildman–Crippen MR) is 81.1 cm³/mol. The number of amides is 2. The second-order valence-corrected chi connectivity index (χ2v) is 5.62. The van der Waals surface area contributed by atoms with Gasteiger partial charge in [-0.15, -0.1) is 11.3 Å². The summed E-state index contributed by atoms with van der Waals surface area (Å²) < 4.78 is 0. The first-order chi connectivity index (χ1) is 9.99. The zero-order valence-corrected chi connectivity index (χ0v) is 12.9. The van der Waals surface area contributed by atoms with E-state index < -0.39 is 0 Å². The van der Waals surface area contributed by atoms with Crippen LogP contribution < -0.4 is 5.32 Å². The van der Waals surface area contributed by atoms with E-state index >= 15 is 0 Å². The monoisotopic (exact) mass is 304 g/mol. The number of aryl methyl sites for hydroxylation is 1. The number of nitrogens with one attached hydrogen (secondary N) is 1. The molecule has 0 saturated carbocycles. The van der Waals surface area contributed by atoms with Gasteiger partial charge < -0.3 is 10.2 Å². The van der Waals surface area contributed by atoms with Crippen LogP contribution in [0.25, 0.3) is 10.7 Å². The summed E-state index contributed by atoms with van der Waals surface area (Å²) in [6.07, 6.45) is 1.68. The second-order valence-electron chi connectivity index (χ2n) is 4.62. The van der Waals surface area contributed by atoms with Gasteiger partial charge in [-0.25, -0.2) is 4.98 Å². The highest BCUT2D eigenvalue weighted by Crippen LogP contribution is 2.26. The second kappa shape index (κ2) is 6.45. The summed E-state index contributed by atoms with van der Waals surface area (Å²) >= 11 is 1.27. The molecule has 0 aromatic carbocycles. The first-order valence-corrected chi connectivity index (χ1v) is 7.18. The van der Waals surface area contributed by atoms with Crippen molar-refractivity contribution in [3.05, 3.63) is 35.0 Å². The average molecular weight is 304 g/mol. The Kier molecular flexibility index (Phi) is 4.64. The van der Waals surface area contributed by atoms with Crippen molar-refractivity contribution in [2.24, 2.45) is 0 Å². The predicted octanol–water partition coefficient (Wildman–Crippen LogP) is 1.33. The number of rotatable bonds is 4. The van der Waals surface area contributed by atoms with Crippen molar-refractivity contribution in [3.63, 3.8) is 0 Å². The van der Waals surface area contributed by atoms with Crippen LogP contribution in [-0.4, -0.2) is 47.3 Å². The first kappa shape index (κ1) is 15.1. The molecule has 0 radical (unpaired) electrons. The number of thiazole rings is 1. The van der Waals surface area contributed by atoms with Crippen molar-refractivity contribution in [2.75, 3.05) is 20.6 Å². The molecular weight excluding hydrogens is 288 g/mol. The zero-order valence-electron chi connectivity index (χ0n) is 12.1. The van der Waals surface area contributed by atoms with Crippen molar-refractivity contribution >= 4 is 23.2 Å². The Labute approximate surface area is 126 Å². The van der Waals surface area contributed by atoms with Crippen LogP contribution in [0.1, 0.15) is 15.4 Å². The van der Waals surface area contributed by atoms with Crippen LogP contribution in [-0.2, 0) is 4.79 Å². The molecule has 1 N–H and O–H groups in total. The molecule has 0 aliphatic carbocycles. The molecule has 2 aromatic rings. The molecule has 0 aliphatic rings. The first-order valence-electron chi connectivity index (χ1n) is 6.36. The van der Waals surface area contributed by atoms with Gasteiger partial charge in [-0.1, -0.05) is 6.07 Å². The Bertz CT molecular complexity index is 652. The van der Waals surface area contributed by atoms with E-state index in [0.29, 0.717) is 15.6 Å². The van der Waals surface area contributed by atoms with Gasteiger partial charge in [0.25, 0.3) is 5.91 Å². The minimum atomic E-state index is -0.289. The maximum Gasteiger partial charge on any atom is 0.263 e. The quantitative estimate of drug-likeness (QED) is 0.924. The topological polar surface area (TPSA) is 75.2 Å². The van der Waals surface area contributed by atoms with E-state index in [4.69, 9.17) is 0 Å². The summed E-state index contributed by atoms with van der Waals surface area (Å²) in [6, 6.07) is 5.54. The van der Waals surface area contributed by atoms with E-state index in [9.17, 15) is 9.59 Å². The Morgan fingerprint density at radius 1 is 1.33 bits per heavy atom. The van der Waals surface area contributed by atoms with Crippen LogP contribution in [0.4, 0.5) is 0 Å². The highest BCUT2D eigenvalue weighted by molar-refractivity contribution is 7.17. The van der Waals surface area contributed by atoms with Crippen molar-refractivity contribution < 1.29 is 9.59 Å². The highest BCUT2D eigenvalue weighted by Gasteiger charge is 2.17. The van der Waals surface area contributed by atoms with Crippen molar-refractivity contribution in [3.8, 4) is 10.7 Å². The number of likely N-dealkylation sites (N-methyl/N-ethyl adjacent to an activating group) is 1. The summed E-state index contributed by atoms with van der Waals surface area (Å²) in [5, 5.41) is 3.30. The van der Waals surface area contributed by atoms with Crippen LogP contribution in [0, 0.1) is 6.92 Å². The van der Waals surface area contributed by atoms with E-state index in [1.54, 1.807) is 27.2 Å². The largest absolute Gasteiger partial charge is 0.347 e. The third-order valence-corrected chi connectivity index (χ3v) is 3.96. The molecule has 6 nitrogen and oxygen atoms in total. The third kappa shape index (κ3) is 3.63. The van der Waals surface area contributed by atoms with Gasteiger partial charge in [-0.05, 0) is 19.1 Å². The van der Waals surface area contributed by atoms with Gasteiger partial charge in [0.2, 0.25) is 5.91 Å². The van der Waals surface area contributed by atoms with E-state index in [1.165, 1.54) is 16.2 Å². The summed E-state index contributed by atoms with van der Waals surface area (Å²) in [7, 11) is 3.29. The lowest BCUT2D eigenvalue weighted by Crippen LogP contribution is -2.36. The lowest BCUT2D eigenvalue weighted by Gasteiger charge is -2.10. The van der Waals surface area contributed by atoms with Gasteiger partial charge in [0, 0.05) is 20.3 Å². The van der Waals surface area contributed by atoms with Crippen molar-refractivity contribution in [1.29, 1.82) is 0 Å². The minimum Gasteiger partial charge on any atom is -0.347 e. The number of hydrogen-bond donors (Lipinski definition) is 1. The Balaban J connectivity index is 2.12. The van der Waals surface area contributed by atoms with E-state index in [0.717, 1.165) is 5.69 Å². The Morgan fingerprint density at radius 2 is 2.10 bits per heavy atom. The molecule has 110 valence electrons. The van der Waals surface area contributed by atoms with E-state index in [1.807, 2.05) is 18.2 Å². The maximum absolute atomic E-state index is 12.1. The number of hydrogen-bond acceptors (Lipinski definition) is 5. The van der Waals surface area contributed by atoms with Gasteiger partial charge in [-0.2, -0.15) is 0 Å². The van der Waals surface area contributed by atoms with Crippen molar-refractivity contribution in [1.82, 2.24) is 20.2 Å². The number of aromatic nitrogens is 2. The number of nitrogens with zero attached hydrogens (tertiary/aromatic N) is 3. The number of carbonyl (C=O) groups is 2. The Morgan fingerprint density at radius 3 is 2.71 bits per heavy atom. The standard InChI is InChI=1S/C14H16N4O2S/c1-9-12(13(20)16-8-11(19)18(2)3)21-14(17-9)10-6-4-5-7-15-10/h4-7H,8H2,1-3H3,(H,16,20). The fourth-order valence-electron chi connectivity index (χ4n) is 1.60. The fraction of sp³-hybridized carbons (Fsp3) is 0.286. The van der Waals surface area contributed by atoms with Crippen molar-refractivity contribution in [2.45, 2.75) is 6.92 Å². The Hall–Kier alpha value is -2.28. The SMILES string of the molecule is Cc1nc(-c2ccccn2)sc1C(=O)NCC(=O)N(C)C. The van der Waals surface area contributed by atoms with Gasteiger partial charge in [0.1, 0.15) is 9.88 Å². The molecule has 0 fully saturated rings. The molecule has 21 heavy (non-hydrogen) atoms. The van der Waals surface area contributed by atoms with E-state index in [-0.39, 0.29) is 18.4 Å². The maximum atomic E-state index is 12.1. The smallest absolute Gasteiger partial charge is 0.263 e. The third-order valence-electron chi connectivity index (χ3n) is 2.79.